The summed E-state index contributed by atoms with van der Waals surface area (Å²) in [7, 11) is 0. The van der Waals surface area contributed by atoms with E-state index in [0.29, 0.717) is 15.8 Å². The molecule has 0 atom stereocenters. The van der Waals surface area contributed by atoms with Crippen LogP contribution in [0.3, 0.4) is 0 Å². The van der Waals surface area contributed by atoms with Gasteiger partial charge in [0.15, 0.2) is 11.5 Å². The molecule has 77 heavy (non-hydrogen) atoms. The van der Waals surface area contributed by atoms with Crippen molar-refractivity contribution in [3.8, 4) is 33.8 Å². The van der Waals surface area contributed by atoms with Crippen LogP contribution in [0.1, 0.15) is 44.5 Å². The second-order valence-corrected chi connectivity index (χ2v) is 21.6. The minimum atomic E-state index is -0.622. The number of benzene rings is 11. The van der Waals surface area contributed by atoms with Crippen molar-refractivity contribution in [2.24, 2.45) is 0 Å². The fourth-order valence-electron chi connectivity index (χ4n) is 12.0. The van der Waals surface area contributed by atoms with Gasteiger partial charge < -0.3 is 19.4 Å². The first kappa shape index (κ1) is 47.0. The minimum absolute atomic E-state index is 0.622. The summed E-state index contributed by atoms with van der Waals surface area (Å²) in [5.41, 5.74) is 22.9. The third-order valence-electron chi connectivity index (χ3n) is 15.6. The lowest BCUT2D eigenvalue weighted by Gasteiger charge is -2.46. The second kappa shape index (κ2) is 18.6. The zero-order valence-electron chi connectivity index (χ0n) is 42.2. The Bertz CT molecular complexity index is 4060. The van der Waals surface area contributed by atoms with Gasteiger partial charge in [-0.25, -0.2) is 0 Å². The Hall–Kier alpha value is -8.51. The number of anilines is 9. The van der Waals surface area contributed by atoms with E-state index in [1.807, 2.05) is 36.4 Å². The van der Waals surface area contributed by atoms with Gasteiger partial charge >= 0.3 is 0 Å². The van der Waals surface area contributed by atoms with Crippen LogP contribution in [0, 0.1) is 13.8 Å². The highest BCUT2D eigenvalue weighted by molar-refractivity contribution is 6.31. The summed E-state index contributed by atoms with van der Waals surface area (Å²) in [6.45, 7) is 4.29. The van der Waals surface area contributed by atoms with Crippen molar-refractivity contribution in [3.63, 3.8) is 0 Å². The van der Waals surface area contributed by atoms with Crippen molar-refractivity contribution in [1.82, 2.24) is 0 Å². The van der Waals surface area contributed by atoms with Crippen molar-refractivity contribution >= 4 is 86.0 Å². The molecule has 7 heteroatoms. The van der Waals surface area contributed by atoms with E-state index in [4.69, 9.17) is 39.5 Å². The van der Waals surface area contributed by atoms with Crippen LogP contribution >= 0.6 is 34.8 Å². The average Bonchev–Trinajstić information content (AvgIpc) is 3.55. The normalized spacial score (nSPS) is 13.6. The Morgan fingerprint density at radius 2 is 0.766 bits per heavy atom. The summed E-state index contributed by atoms with van der Waals surface area (Å²) >= 11 is 20.2. The summed E-state index contributed by atoms with van der Waals surface area (Å²) in [6, 6.07) is 86.7. The predicted octanol–water partition coefficient (Wildman–Crippen LogP) is 20.7. The lowest BCUT2D eigenvalue weighted by Crippen LogP contribution is -2.37. The number of rotatable bonds is 7. The molecule has 0 aliphatic carbocycles. The van der Waals surface area contributed by atoms with Crippen LogP contribution in [-0.4, -0.2) is 0 Å². The Morgan fingerprint density at radius 1 is 0.338 bits per heavy atom. The van der Waals surface area contributed by atoms with Crippen molar-refractivity contribution in [3.05, 3.63) is 302 Å². The molecule has 0 fully saturated rings. The molecule has 11 aromatic carbocycles. The minimum Gasteiger partial charge on any atom is -0.453 e. The van der Waals surface area contributed by atoms with Crippen LogP contribution in [0.15, 0.2) is 243 Å². The third kappa shape index (κ3) is 7.89. The van der Waals surface area contributed by atoms with Crippen molar-refractivity contribution in [2.75, 3.05) is 14.7 Å². The summed E-state index contributed by atoms with van der Waals surface area (Å²) < 4.78 is 6.57. The summed E-state index contributed by atoms with van der Waals surface area (Å²) in [5.74, 6) is 1.47. The third-order valence-corrected chi connectivity index (χ3v) is 16.3. The molecule has 0 N–H and O–H groups in total. The number of hydrogen-bond acceptors (Lipinski definition) is 4. The Kier molecular flexibility index (Phi) is 11.4. The van der Waals surface area contributed by atoms with E-state index >= 15 is 0 Å². The standard InChI is InChI=1S/C70H48Cl3N3O/c1-44-12-22-52(23-13-44)70(53-24-14-45(2)15-25-53)60-10-6-7-11-64(60)75(65-36-27-55(72)42-61(65)70)59-31-16-46(17-32-59)48-20-33-62-50(38-48)39-51-40-54(71)26-35-63(51)74(62)58-29-18-47(19-30-58)49-21-34-66-68(41-49)77-69-43-56(73)28-37-67(69)76(66)57-8-4-3-5-9-57/h3-38,40-43H,39H2,1-2H3. The highest BCUT2D eigenvalue weighted by Gasteiger charge is 2.46. The van der Waals surface area contributed by atoms with Gasteiger partial charge in [-0.15, -0.1) is 0 Å². The maximum Gasteiger partial charge on any atom is 0.153 e. The van der Waals surface area contributed by atoms with Crippen molar-refractivity contribution < 1.29 is 4.74 Å². The Labute approximate surface area is 464 Å². The van der Waals surface area contributed by atoms with Gasteiger partial charge in [-0.3, -0.25) is 0 Å². The van der Waals surface area contributed by atoms with Crippen molar-refractivity contribution in [2.45, 2.75) is 25.7 Å². The number of para-hydroxylation sites is 2. The van der Waals surface area contributed by atoms with Crippen LogP contribution in [0.5, 0.6) is 11.5 Å². The topological polar surface area (TPSA) is 19.0 Å². The van der Waals surface area contributed by atoms with E-state index in [0.717, 1.165) is 96.2 Å². The van der Waals surface area contributed by atoms with Gasteiger partial charge in [0.2, 0.25) is 0 Å². The van der Waals surface area contributed by atoms with Crippen molar-refractivity contribution in [1.29, 1.82) is 0 Å². The summed E-state index contributed by atoms with van der Waals surface area (Å²) in [4.78, 5) is 6.99. The first-order valence-electron chi connectivity index (χ1n) is 25.9. The molecule has 0 saturated carbocycles. The molecule has 0 amide bonds. The predicted molar refractivity (Wildman–Crippen MR) is 321 cm³/mol. The lowest BCUT2D eigenvalue weighted by atomic mass is 9.62. The molecule has 370 valence electrons. The van der Waals surface area contributed by atoms with E-state index in [2.05, 4.69) is 235 Å². The fourth-order valence-corrected chi connectivity index (χ4v) is 12.5. The van der Waals surface area contributed by atoms with E-state index in [9.17, 15) is 0 Å². The van der Waals surface area contributed by atoms with E-state index in [-0.39, 0.29) is 0 Å². The van der Waals surface area contributed by atoms with Gasteiger partial charge in [-0.1, -0.05) is 167 Å². The first-order chi connectivity index (χ1) is 37.7. The van der Waals surface area contributed by atoms with E-state index in [1.54, 1.807) is 0 Å². The van der Waals surface area contributed by atoms with Gasteiger partial charge in [-0.05, 0) is 185 Å². The molecule has 0 saturated heterocycles. The smallest absolute Gasteiger partial charge is 0.153 e. The molecule has 3 aliphatic heterocycles. The van der Waals surface area contributed by atoms with Crippen LogP contribution in [0.2, 0.25) is 15.1 Å². The summed E-state index contributed by atoms with van der Waals surface area (Å²) in [6.07, 6.45) is 0.753. The van der Waals surface area contributed by atoms with Gasteiger partial charge in [0.1, 0.15) is 0 Å². The Balaban J connectivity index is 0.802. The zero-order valence-corrected chi connectivity index (χ0v) is 44.5. The van der Waals surface area contributed by atoms with E-state index in [1.165, 1.54) is 38.9 Å². The highest BCUT2D eigenvalue weighted by atomic mass is 35.5. The molecule has 0 unspecified atom stereocenters. The van der Waals surface area contributed by atoms with Crippen LogP contribution in [-0.2, 0) is 11.8 Å². The molecule has 0 aromatic heterocycles. The largest absolute Gasteiger partial charge is 0.453 e. The molecule has 11 aromatic rings. The molecule has 14 rings (SSSR count). The molecule has 3 aliphatic rings. The van der Waals surface area contributed by atoms with Gasteiger partial charge in [-0.2, -0.15) is 0 Å². The van der Waals surface area contributed by atoms with Crippen LogP contribution in [0.4, 0.5) is 51.2 Å². The van der Waals surface area contributed by atoms with Crippen LogP contribution < -0.4 is 19.4 Å². The molecular weight excluding hydrogens is 1010 g/mol. The number of ether oxygens (including phenoxy) is 1. The maximum atomic E-state index is 7.02. The second-order valence-electron chi connectivity index (χ2n) is 20.3. The van der Waals surface area contributed by atoms with Crippen LogP contribution in [0.25, 0.3) is 22.3 Å². The SMILES string of the molecule is Cc1ccc(C2(c3ccc(C)cc3)c3ccccc3N(c3ccc(-c4ccc5c(c4)Cc4cc(Cl)ccc4N5c4ccc(-c5ccc6c(c5)Oc5cc(Cl)ccc5N6c5ccccc5)cc4)cc3)c3ccc(Cl)cc32)cc1. The number of hydrogen-bond donors (Lipinski definition) is 0. The zero-order chi connectivity index (χ0) is 51.9. The monoisotopic (exact) mass is 1050 g/mol. The number of fused-ring (bicyclic) bond motifs is 6. The Morgan fingerprint density at radius 3 is 1.40 bits per heavy atom. The molecule has 4 nitrogen and oxygen atoms in total. The molecular formula is C70H48Cl3N3O. The quantitative estimate of drug-likeness (QED) is 0.158. The van der Waals surface area contributed by atoms with E-state index < -0.39 is 5.41 Å². The highest BCUT2D eigenvalue weighted by Crippen LogP contribution is 2.59. The molecule has 3 heterocycles. The fraction of sp³-hybridized carbons (Fsp3) is 0.0571. The number of aryl methyl sites for hydroxylation is 2. The summed E-state index contributed by atoms with van der Waals surface area (Å²) in [5, 5.41) is 2.04. The maximum absolute atomic E-state index is 7.02. The van der Waals surface area contributed by atoms with Gasteiger partial charge in [0.05, 0.1) is 28.2 Å². The number of nitrogens with zero attached hydrogens (tertiary/aromatic N) is 3. The van der Waals surface area contributed by atoms with Gasteiger partial charge in [0, 0.05) is 56.0 Å². The molecule has 0 radical (unpaired) electrons. The average molecular weight is 1050 g/mol. The van der Waals surface area contributed by atoms with Gasteiger partial charge in [0.25, 0.3) is 0 Å². The lowest BCUT2D eigenvalue weighted by molar-refractivity contribution is 0.477. The molecule has 0 bridgehead atoms. The molecule has 0 spiro atoms. The number of halogens is 3. The first-order valence-corrected chi connectivity index (χ1v) is 27.0.